The molecule has 2 heterocycles. The zero-order chi connectivity index (χ0) is 29.1. The second kappa shape index (κ2) is 15.8. The lowest BCUT2D eigenvalue weighted by Crippen LogP contribution is -2.41. The molecule has 6 N–H and O–H groups in total. The van der Waals surface area contributed by atoms with Gasteiger partial charge in [-0.05, 0) is 90.9 Å². The highest BCUT2D eigenvalue weighted by molar-refractivity contribution is 5.73. The Balaban J connectivity index is 0.000000169. The quantitative estimate of drug-likeness (QED) is 0.443. The summed E-state index contributed by atoms with van der Waals surface area (Å²) in [6.07, 6.45) is 16.9. The molecule has 0 bridgehead atoms. The lowest BCUT2D eigenvalue weighted by molar-refractivity contribution is -0.120. The summed E-state index contributed by atoms with van der Waals surface area (Å²) in [5.74, 6) is 2.07. The maximum atomic E-state index is 11.0. The van der Waals surface area contributed by atoms with E-state index in [1.807, 2.05) is 20.2 Å². The van der Waals surface area contributed by atoms with Crippen molar-refractivity contribution in [3.8, 4) is 0 Å². The molecule has 0 saturated heterocycles. The molecule has 2 aromatic heterocycles. The maximum Gasteiger partial charge on any atom is 0.217 e. The molecule has 3 fully saturated rings. The van der Waals surface area contributed by atoms with Gasteiger partial charge in [0.05, 0.1) is 0 Å². The third-order valence-corrected chi connectivity index (χ3v) is 8.15. The molecule has 2 amide bonds. The topological polar surface area (TPSA) is 172 Å². The van der Waals surface area contributed by atoms with Crippen molar-refractivity contribution in [2.24, 2.45) is 11.5 Å². The average Bonchev–Trinajstić information content (AvgIpc) is 3.52. The molecule has 224 valence electrons. The van der Waals surface area contributed by atoms with Crippen LogP contribution in [0.4, 0.5) is 0 Å². The van der Waals surface area contributed by atoms with Crippen LogP contribution in [0.2, 0.25) is 0 Å². The fourth-order valence-electron chi connectivity index (χ4n) is 6.25. The highest BCUT2D eigenvalue weighted by Crippen LogP contribution is 2.29. The fourth-order valence-corrected chi connectivity index (χ4v) is 6.25. The third-order valence-electron chi connectivity index (χ3n) is 8.15. The van der Waals surface area contributed by atoms with Gasteiger partial charge in [0.2, 0.25) is 11.8 Å². The molecule has 3 saturated carbocycles. The van der Waals surface area contributed by atoms with Gasteiger partial charge in [0.25, 0.3) is 0 Å². The Morgan fingerprint density at radius 2 is 1.12 bits per heavy atom. The zero-order valence-electron chi connectivity index (χ0n) is 24.8. The Morgan fingerprint density at radius 1 is 0.700 bits per heavy atom. The molecule has 5 rings (SSSR count). The van der Waals surface area contributed by atoms with Crippen LogP contribution in [0.3, 0.4) is 0 Å². The van der Waals surface area contributed by atoms with Crippen molar-refractivity contribution in [3.63, 3.8) is 0 Å². The van der Waals surface area contributed by atoms with Crippen molar-refractivity contribution in [3.05, 3.63) is 24.3 Å². The molecule has 6 atom stereocenters. The largest absolute Gasteiger partial charge is 0.354 e. The molecule has 40 heavy (non-hydrogen) atoms. The van der Waals surface area contributed by atoms with Crippen LogP contribution in [0, 0.1) is 13.8 Å². The van der Waals surface area contributed by atoms with E-state index < -0.39 is 0 Å². The van der Waals surface area contributed by atoms with Crippen molar-refractivity contribution in [2.75, 3.05) is 0 Å². The Kier molecular flexibility index (Phi) is 12.5. The van der Waals surface area contributed by atoms with Gasteiger partial charge in [-0.25, -0.2) is 0 Å². The predicted octanol–water partition coefficient (Wildman–Crippen LogP) is 2.63. The first-order valence-electron chi connectivity index (χ1n) is 14.9. The van der Waals surface area contributed by atoms with Crippen LogP contribution in [0.5, 0.6) is 0 Å². The Labute approximate surface area is 238 Å². The van der Waals surface area contributed by atoms with Crippen LogP contribution in [-0.4, -0.2) is 65.5 Å². The molecule has 0 unspecified atom stereocenters. The Morgan fingerprint density at radius 3 is 1.55 bits per heavy atom. The van der Waals surface area contributed by atoms with E-state index in [0.717, 1.165) is 75.9 Å². The first kappa shape index (κ1) is 31.7. The minimum atomic E-state index is 0.0594. The van der Waals surface area contributed by atoms with Gasteiger partial charge in [-0.1, -0.05) is 0 Å². The van der Waals surface area contributed by atoms with E-state index in [4.69, 9.17) is 11.5 Å². The summed E-state index contributed by atoms with van der Waals surface area (Å²) >= 11 is 0. The summed E-state index contributed by atoms with van der Waals surface area (Å²) in [5, 5.41) is 21.7. The number of nitrogens with one attached hydrogen (secondary N) is 2. The molecule has 2 aromatic rings. The molecule has 3 aliphatic rings. The summed E-state index contributed by atoms with van der Waals surface area (Å²) < 4.78 is 4.27. The average molecular weight is 559 g/mol. The van der Waals surface area contributed by atoms with Crippen molar-refractivity contribution >= 4 is 11.8 Å². The minimum absolute atomic E-state index is 0.0594. The van der Waals surface area contributed by atoms with Gasteiger partial charge in [-0.15, -0.1) is 20.4 Å². The molecule has 0 aliphatic heterocycles. The second-order valence-corrected chi connectivity index (χ2v) is 11.7. The van der Waals surface area contributed by atoms with E-state index in [2.05, 4.69) is 40.2 Å². The first-order chi connectivity index (χ1) is 19.1. The van der Waals surface area contributed by atoms with Crippen molar-refractivity contribution in [2.45, 2.75) is 141 Å². The van der Waals surface area contributed by atoms with E-state index in [9.17, 15) is 9.59 Å². The van der Waals surface area contributed by atoms with E-state index in [1.165, 1.54) is 12.8 Å². The second-order valence-electron chi connectivity index (χ2n) is 11.7. The number of hydrogen-bond donors (Lipinski definition) is 4. The smallest absolute Gasteiger partial charge is 0.217 e. The number of carbonyl (C=O) groups excluding carboxylic acids is 2. The summed E-state index contributed by atoms with van der Waals surface area (Å²) in [5.41, 5.74) is 11.7. The van der Waals surface area contributed by atoms with Crippen molar-refractivity contribution in [1.82, 2.24) is 40.2 Å². The normalized spacial score (nSPS) is 28.2. The Bertz CT molecular complexity index is 1050. The lowest BCUT2D eigenvalue weighted by Gasteiger charge is -2.30. The summed E-state index contributed by atoms with van der Waals surface area (Å²) in [4.78, 5) is 21.7. The highest BCUT2D eigenvalue weighted by atomic mass is 16.2. The molecular weight excluding hydrogens is 508 g/mol. The summed E-state index contributed by atoms with van der Waals surface area (Å²) in [6, 6.07) is 2.25. The SMILES string of the molecule is CC(=O)N[C@H]1CCC[C@@H](N)C1.CC(=O)N[C@H]1CCC[C@@H](n2cnnc2C)C1.Cc1nncn1[C@@H]1CCC[C@H](N)C1. The molecular formula is C28H50N10O2. The number of nitrogens with two attached hydrogens (primary N) is 2. The van der Waals surface area contributed by atoms with Gasteiger partial charge in [-0.2, -0.15) is 0 Å². The Hall–Kier alpha value is -2.86. The lowest BCUT2D eigenvalue weighted by atomic mass is 9.90. The minimum Gasteiger partial charge on any atom is -0.354 e. The summed E-state index contributed by atoms with van der Waals surface area (Å²) in [7, 11) is 0. The maximum absolute atomic E-state index is 11.0. The van der Waals surface area contributed by atoms with Gasteiger partial charge in [-0.3, -0.25) is 9.59 Å². The van der Waals surface area contributed by atoms with Crippen LogP contribution >= 0.6 is 0 Å². The molecule has 0 radical (unpaired) electrons. The highest BCUT2D eigenvalue weighted by Gasteiger charge is 2.25. The fraction of sp³-hybridized carbons (Fsp3) is 0.786. The number of aromatic nitrogens is 6. The number of amides is 2. The van der Waals surface area contributed by atoms with Crippen LogP contribution in [0.1, 0.15) is 115 Å². The van der Waals surface area contributed by atoms with Crippen LogP contribution < -0.4 is 22.1 Å². The van der Waals surface area contributed by atoms with Crippen LogP contribution in [0.15, 0.2) is 12.7 Å². The van der Waals surface area contributed by atoms with Gasteiger partial charge in [0.1, 0.15) is 24.3 Å². The molecule has 12 heteroatoms. The number of aryl methyl sites for hydroxylation is 2. The number of nitrogens with zero attached hydrogens (tertiary/aromatic N) is 6. The van der Waals surface area contributed by atoms with E-state index >= 15 is 0 Å². The molecule has 12 nitrogen and oxygen atoms in total. The summed E-state index contributed by atoms with van der Waals surface area (Å²) in [6.45, 7) is 7.09. The van der Waals surface area contributed by atoms with Gasteiger partial charge < -0.3 is 31.2 Å². The van der Waals surface area contributed by atoms with E-state index in [1.54, 1.807) is 20.2 Å². The zero-order valence-corrected chi connectivity index (χ0v) is 24.8. The van der Waals surface area contributed by atoms with Gasteiger partial charge in [0.15, 0.2) is 0 Å². The predicted molar refractivity (Wildman–Crippen MR) is 154 cm³/mol. The first-order valence-corrected chi connectivity index (χ1v) is 14.9. The molecule has 3 aliphatic carbocycles. The molecule has 0 spiro atoms. The van der Waals surface area contributed by atoms with Gasteiger partial charge >= 0.3 is 0 Å². The molecule has 0 aromatic carbocycles. The van der Waals surface area contributed by atoms with Crippen LogP contribution in [-0.2, 0) is 9.59 Å². The third kappa shape index (κ3) is 10.3. The monoisotopic (exact) mass is 558 g/mol. The number of hydrogen-bond acceptors (Lipinski definition) is 8. The number of carbonyl (C=O) groups is 2. The van der Waals surface area contributed by atoms with Crippen LogP contribution in [0.25, 0.3) is 0 Å². The van der Waals surface area contributed by atoms with E-state index in [-0.39, 0.29) is 11.8 Å². The van der Waals surface area contributed by atoms with Gasteiger partial charge in [0, 0.05) is 50.1 Å². The van der Waals surface area contributed by atoms with E-state index in [0.29, 0.717) is 36.3 Å². The number of rotatable bonds is 4. The van der Waals surface area contributed by atoms with Crippen molar-refractivity contribution in [1.29, 1.82) is 0 Å². The van der Waals surface area contributed by atoms with Crippen molar-refractivity contribution < 1.29 is 9.59 Å². The standard InChI is InChI=1S/C11H18N4O.C9H16N4.C8H16N2O/c1-8-14-12-7-15(8)11-5-3-4-10(6-11)13-9(2)16;1-7-12-11-6-13(7)9-4-2-3-8(10)5-9;1-6(11)10-8-4-2-3-7(9)5-8/h7,10-11H,3-6H2,1-2H3,(H,13,16);6,8-9H,2-5,10H2,1H3;7-8H,2-5,9H2,1H3,(H,10,11)/t10-,11+;8-,9+;7-,8+/m001/s1.